The zero-order valence-electron chi connectivity index (χ0n) is 10.8. The van der Waals surface area contributed by atoms with Gasteiger partial charge in [0.2, 0.25) is 5.13 Å². The van der Waals surface area contributed by atoms with Gasteiger partial charge in [-0.05, 0) is 18.7 Å². The van der Waals surface area contributed by atoms with Crippen molar-refractivity contribution in [2.45, 2.75) is 22.8 Å². The average molecular weight is 284 g/mol. The van der Waals surface area contributed by atoms with E-state index >= 15 is 0 Å². The Morgan fingerprint density at radius 2 is 2.11 bits per heavy atom. The van der Waals surface area contributed by atoms with Crippen LogP contribution in [0.5, 0.6) is 0 Å². The highest BCUT2D eigenvalue weighted by molar-refractivity contribution is 8.01. The summed E-state index contributed by atoms with van der Waals surface area (Å²) in [5.41, 5.74) is 7.81. The van der Waals surface area contributed by atoms with Gasteiger partial charge in [-0.15, -0.1) is 10.2 Å². The Morgan fingerprint density at radius 3 is 2.67 bits per heavy atom. The van der Waals surface area contributed by atoms with E-state index in [1.54, 1.807) is 23.1 Å². The predicted molar refractivity (Wildman–Crippen MR) is 74.2 cm³/mol. The fourth-order valence-corrected chi connectivity index (χ4v) is 3.45. The third-order valence-corrected chi connectivity index (χ3v) is 4.80. The highest BCUT2D eigenvalue weighted by Crippen LogP contribution is 2.35. The number of hydrogen-bond donors (Lipinski definition) is 1. The molecule has 0 amide bonds. The molecular weight excluding hydrogens is 268 g/mol. The topological polar surface area (TPSA) is 72.9 Å². The van der Waals surface area contributed by atoms with Crippen LogP contribution in [0, 0.1) is 6.92 Å². The number of rotatable bonds is 4. The molecule has 0 fully saturated rings. The molecular formula is C10H16N6S2. The van der Waals surface area contributed by atoms with Crippen LogP contribution in [0.15, 0.2) is 9.37 Å². The van der Waals surface area contributed by atoms with Gasteiger partial charge in [0.15, 0.2) is 4.34 Å². The van der Waals surface area contributed by atoms with Crippen molar-refractivity contribution in [3.05, 3.63) is 11.3 Å². The maximum Gasteiger partial charge on any atom is 0.208 e. The van der Waals surface area contributed by atoms with E-state index in [1.165, 1.54) is 0 Å². The molecule has 0 aliphatic carbocycles. The molecule has 98 valence electrons. The molecule has 0 spiro atoms. The summed E-state index contributed by atoms with van der Waals surface area (Å²) in [6, 6.07) is 0. The minimum atomic E-state index is 0.487. The molecule has 0 saturated heterocycles. The summed E-state index contributed by atoms with van der Waals surface area (Å²) in [5, 5.41) is 14.6. The Hall–Kier alpha value is -1.12. The van der Waals surface area contributed by atoms with E-state index in [-0.39, 0.29) is 0 Å². The van der Waals surface area contributed by atoms with Crippen LogP contribution >= 0.6 is 23.1 Å². The highest BCUT2D eigenvalue weighted by atomic mass is 32.2. The van der Waals surface area contributed by atoms with Crippen molar-refractivity contribution in [2.24, 2.45) is 12.8 Å². The van der Waals surface area contributed by atoms with Crippen molar-refractivity contribution in [3.8, 4) is 0 Å². The molecule has 2 heterocycles. The number of anilines is 1. The molecule has 0 aliphatic rings. The Balaban J connectivity index is 2.27. The Bertz CT molecular complexity index is 545. The Labute approximate surface area is 114 Å². The first-order valence-electron chi connectivity index (χ1n) is 5.44. The minimum Gasteiger partial charge on any atom is -0.353 e. The van der Waals surface area contributed by atoms with Crippen LogP contribution in [0.3, 0.4) is 0 Å². The molecule has 0 aliphatic heterocycles. The lowest BCUT2D eigenvalue weighted by Gasteiger charge is -2.04. The summed E-state index contributed by atoms with van der Waals surface area (Å²) >= 11 is 3.12. The summed E-state index contributed by atoms with van der Waals surface area (Å²) in [7, 11) is 5.82. The Kier molecular flexibility index (Phi) is 3.88. The Morgan fingerprint density at radius 1 is 1.39 bits per heavy atom. The third-order valence-electron chi connectivity index (χ3n) is 2.46. The maximum atomic E-state index is 5.76. The molecule has 6 nitrogen and oxygen atoms in total. The van der Waals surface area contributed by atoms with E-state index in [0.717, 1.165) is 25.8 Å². The van der Waals surface area contributed by atoms with E-state index < -0.39 is 0 Å². The van der Waals surface area contributed by atoms with Crippen molar-refractivity contribution in [1.82, 2.24) is 20.0 Å². The van der Waals surface area contributed by atoms with Crippen molar-refractivity contribution < 1.29 is 0 Å². The van der Waals surface area contributed by atoms with Gasteiger partial charge >= 0.3 is 0 Å². The summed E-state index contributed by atoms with van der Waals surface area (Å²) in [5.74, 6) is 0. The lowest BCUT2D eigenvalue weighted by atomic mass is 10.3. The first-order valence-corrected chi connectivity index (χ1v) is 7.07. The van der Waals surface area contributed by atoms with Crippen LogP contribution < -0.4 is 10.6 Å². The van der Waals surface area contributed by atoms with E-state index in [1.807, 2.05) is 37.6 Å². The van der Waals surface area contributed by atoms with E-state index in [4.69, 9.17) is 5.73 Å². The number of nitrogens with two attached hydrogens (primary N) is 1. The third kappa shape index (κ3) is 2.50. The van der Waals surface area contributed by atoms with Gasteiger partial charge in [0.1, 0.15) is 5.03 Å². The summed E-state index contributed by atoms with van der Waals surface area (Å²) < 4.78 is 2.75. The van der Waals surface area contributed by atoms with Crippen molar-refractivity contribution in [3.63, 3.8) is 0 Å². The average Bonchev–Trinajstić information content (AvgIpc) is 2.86. The van der Waals surface area contributed by atoms with Gasteiger partial charge in [0.05, 0.1) is 5.69 Å². The number of nitrogens with zero attached hydrogens (tertiary/aromatic N) is 5. The molecule has 0 atom stereocenters. The normalized spacial score (nSPS) is 10.9. The molecule has 18 heavy (non-hydrogen) atoms. The van der Waals surface area contributed by atoms with Gasteiger partial charge in [-0.2, -0.15) is 5.10 Å². The van der Waals surface area contributed by atoms with Gasteiger partial charge in [-0.25, -0.2) is 0 Å². The molecule has 8 heteroatoms. The molecule has 2 rings (SSSR count). The second kappa shape index (κ2) is 5.25. The van der Waals surface area contributed by atoms with Crippen molar-refractivity contribution >= 4 is 28.2 Å². The van der Waals surface area contributed by atoms with Crippen LogP contribution in [0.25, 0.3) is 0 Å². The zero-order chi connectivity index (χ0) is 13.3. The van der Waals surface area contributed by atoms with Gasteiger partial charge in [-0.3, -0.25) is 4.68 Å². The van der Waals surface area contributed by atoms with Crippen LogP contribution in [-0.4, -0.2) is 34.1 Å². The molecule has 0 aromatic carbocycles. The van der Waals surface area contributed by atoms with Crippen molar-refractivity contribution in [2.75, 3.05) is 19.0 Å². The van der Waals surface area contributed by atoms with Gasteiger partial charge < -0.3 is 10.6 Å². The molecule has 0 saturated carbocycles. The zero-order valence-corrected chi connectivity index (χ0v) is 12.5. The molecule has 0 radical (unpaired) electrons. The van der Waals surface area contributed by atoms with E-state index in [9.17, 15) is 0 Å². The lowest BCUT2D eigenvalue weighted by Crippen LogP contribution is -2.07. The summed E-state index contributed by atoms with van der Waals surface area (Å²) in [4.78, 5) is 1.94. The van der Waals surface area contributed by atoms with Crippen molar-refractivity contribution in [1.29, 1.82) is 0 Å². The number of aryl methyl sites for hydroxylation is 2. The fourth-order valence-electron chi connectivity index (χ4n) is 1.55. The van der Waals surface area contributed by atoms with Gasteiger partial charge in [-0.1, -0.05) is 11.3 Å². The minimum absolute atomic E-state index is 0.487. The second-order valence-electron chi connectivity index (χ2n) is 4.04. The highest BCUT2D eigenvalue weighted by Gasteiger charge is 2.16. The van der Waals surface area contributed by atoms with E-state index in [2.05, 4.69) is 15.3 Å². The summed E-state index contributed by atoms with van der Waals surface area (Å²) in [6.45, 7) is 2.46. The molecule has 0 unspecified atom stereocenters. The summed E-state index contributed by atoms with van der Waals surface area (Å²) in [6.07, 6.45) is 0. The first-order chi connectivity index (χ1) is 8.52. The maximum absolute atomic E-state index is 5.76. The largest absolute Gasteiger partial charge is 0.353 e. The quantitative estimate of drug-likeness (QED) is 0.911. The van der Waals surface area contributed by atoms with Crippen LogP contribution in [0.2, 0.25) is 0 Å². The van der Waals surface area contributed by atoms with Gasteiger partial charge in [0.25, 0.3) is 0 Å². The fraction of sp³-hybridized carbons (Fsp3) is 0.500. The van der Waals surface area contributed by atoms with Gasteiger partial charge in [0, 0.05) is 33.3 Å². The van der Waals surface area contributed by atoms with E-state index in [0.29, 0.717) is 6.54 Å². The monoisotopic (exact) mass is 284 g/mol. The second-order valence-corrected chi connectivity index (χ2v) is 6.24. The SMILES string of the molecule is Cc1nn(C)c(Sc2nnc(N(C)C)s2)c1CN. The number of aromatic nitrogens is 4. The molecule has 2 aromatic rings. The first kappa shape index (κ1) is 13.3. The van der Waals surface area contributed by atoms with Crippen LogP contribution in [0.4, 0.5) is 5.13 Å². The molecule has 2 N–H and O–H groups in total. The lowest BCUT2D eigenvalue weighted by molar-refractivity contribution is 0.688. The standard InChI is InChI=1S/C10H16N6S2/c1-6-7(5-11)8(16(4)14-6)17-10-13-12-9(18-10)15(2)3/h5,11H2,1-4H3. The molecule has 0 bridgehead atoms. The number of hydrogen-bond acceptors (Lipinski definition) is 7. The smallest absolute Gasteiger partial charge is 0.208 e. The van der Waals surface area contributed by atoms with Crippen LogP contribution in [-0.2, 0) is 13.6 Å². The molecule has 2 aromatic heterocycles. The predicted octanol–water partition coefficient (Wildman–Crippen LogP) is 1.26. The van der Waals surface area contributed by atoms with Crippen LogP contribution in [0.1, 0.15) is 11.3 Å².